The Labute approximate surface area is 184 Å². The van der Waals surface area contributed by atoms with Crippen LogP contribution in [0.1, 0.15) is 18.4 Å². The third kappa shape index (κ3) is 5.22. The van der Waals surface area contributed by atoms with E-state index in [2.05, 4.69) is 21.9 Å². The number of halogens is 1. The first-order valence-electron chi connectivity index (χ1n) is 9.43. The Morgan fingerprint density at radius 3 is 2.47 bits per heavy atom. The number of piperidine rings is 1. The molecule has 2 unspecified atom stereocenters. The minimum Gasteiger partial charge on any atom is -0.481 e. The molecular weight excluding hydrogens is 470 g/mol. The highest BCUT2D eigenvalue weighted by molar-refractivity contribution is 9.10. The van der Waals surface area contributed by atoms with Crippen LogP contribution in [0.25, 0.3) is 0 Å². The van der Waals surface area contributed by atoms with Crippen molar-refractivity contribution in [3.05, 3.63) is 58.6 Å². The van der Waals surface area contributed by atoms with Gasteiger partial charge in [0.15, 0.2) is 9.84 Å². The predicted octanol–water partition coefficient (Wildman–Crippen LogP) is 3.35. The number of benzene rings is 2. The average Bonchev–Trinajstić information content (AvgIpc) is 2.74. The van der Waals surface area contributed by atoms with Gasteiger partial charge in [-0.05, 0) is 54.8 Å². The van der Waals surface area contributed by atoms with Crippen molar-refractivity contribution in [2.45, 2.75) is 35.6 Å². The summed E-state index contributed by atoms with van der Waals surface area (Å²) in [6.07, 6.45) is 5.57. The number of carbonyl (C=O) groups is 1. The van der Waals surface area contributed by atoms with Crippen molar-refractivity contribution in [1.82, 2.24) is 4.90 Å². The lowest BCUT2D eigenvalue weighted by Crippen LogP contribution is -2.49. The number of hydrogen-bond donors (Lipinski definition) is 1. The lowest BCUT2D eigenvalue weighted by molar-refractivity contribution is -0.144. The summed E-state index contributed by atoms with van der Waals surface area (Å²) in [5.41, 5.74) is 0.980. The lowest BCUT2D eigenvalue weighted by Gasteiger charge is -2.36. The minimum atomic E-state index is -3.66. The summed E-state index contributed by atoms with van der Waals surface area (Å²) in [5.74, 6) is 1.83. The molecule has 2 aromatic carbocycles. The fourth-order valence-electron chi connectivity index (χ4n) is 3.58. The number of likely N-dealkylation sites (tertiary alicyclic amines) is 1. The molecule has 30 heavy (non-hydrogen) atoms. The summed E-state index contributed by atoms with van der Waals surface area (Å²) in [7, 11) is -3.66. The molecule has 0 saturated carbocycles. The van der Waals surface area contributed by atoms with E-state index in [1.807, 2.05) is 29.2 Å². The second kappa shape index (κ2) is 9.65. The molecule has 2 aromatic rings. The van der Waals surface area contributed by atoms with Crippen molar-refractivity contribution >= 4 is 31.7 Å². The molecular formula is C22H22BrNO5S. The average molecular weight is 492 g/mol. The van der Waals surface area contributed by atoms with Gasteiger partial charge >= 0.3 is 5.97 Å². The van der Waals surface area contributed by atoms with E-state index in [9.17, 15) is 18.3 Å². The fraction of sp³-hybridized carbons (Fsp3) is 0.318. The molecule has 1 N–H and O–H groups in total. The van der Waals surface area contributed by atoms with Crippen LogP contribution in [0.3, 0.4) is 0 Å². The van der Waals surface area contributed by atoms with E-state index in [-0.39, 0.29) is 17.9 Å². The molecule has 8 heteroatoms. The Balaban J connectivity index is 1.74. The molecule has 0 spiro atoms. The first-order valence-corrected chi connectivity index (χ1v) is 11.8. The fourth-order valence-corrected chi connectivity index (χ4v) is 5.59. The van der Waals surface area contributed by atoms with Gasteiger partial charge in [0.1, 0.15) is 18.4 Å². The lowest BCUT2D eigenvalue weighted by atomic mass is 10.0. The van der Waals surface area contributed by atoms with Gasteiger partial charge < -0.3 is 9.84 Å². The number of carboxylic acid groups (broad SMARTS) is 1. The molecule has 1 aliphatic rings. The van der Waals surface area contributed by atoms with Crippen LogP contribution in [0.2, 0.25) is 0 Å². The number of sulfone groups is 1. The maximum absolute atomic E-state index is 13.1. The Bertz CT molecular complexity index is 1030. The minimum absolute atomic E-state index is 0.0452. The van der Waals surface area contributed by atoms with Crippen LogP contribution < -0.4 is 4.74 Å². The van der Waals surface area contributed by atoms with Crippen molar-refractivity contribution < 1.29 is 23.1 Å². The first-order chi connectivity index (χ1) is 14.3. The zero-order valence-corrected chi connectivity index (χ0v) is 18.6. The molecule has 1 heterocycles. The van der Waals surface area contributed by atoms with E-state index >= 15 is 0 Å². The Hall–Kier alpha value is -2.34. The topological polar surface area (TPSA) is 83.9 Å². The molecule has 1 fully saturated rings. The van der Waals surface area contributed by atoms with E-state index in [0.717, 1.165) is 10.0 Å². The molecule has 0 bridgehead atoms. The summed E-state index contributed by atoms with van der Waals surface area (Å²) in [4.78, 5) is 13.9. The van der Waals surface area contributed by atoms with E-state index in [0.29, 0.717) is 25.3 Å². The van der Waals surface area contributed by atoms with Crippen LogP contribution >= 0.6 is 15.9 Å². The standard InChI is InChI=1S/C22H22BrNO5S/c1-2-13-29-18-7-9-19(10-8-18)30(27,28)20-11-12-24(21(14-20)22(25)26)15-16-3-5-17(23)6-4-16/h1,3-10,20-21H,11-15H2,(H,25,26). The Morgan fingerprint density at radius 2 is 1.87 bits per heavy atom. The summed E-state index contributed by atoms with van der Waals surface area (Å²) >= 11 is 3.38. The Kier molecular flexibility index (Phi) is 7.19. The largest absolute Gasteiger partial charge is 0.481 e. The molecule has 2 atom stereocenters. The van der Waals surface area contributed by atoms with E-state index < -0.39 is 27.1 Å². The highest BCUT2D eigenvalue weighted by Gasteiger charge is 2.39. The van der Waals surface area contributed by atoms with Gasteiger partial charge in [0.05, 0.1) is 10.1 Å². The molecule has 0 aromatic heterocycles. The number of rotatable bonds is 7. The zero-order valence-electron chi connectivity index (χ0n) is 16.2. The van der Waals surface area contributed by atoms with Crippen LogP contribution in [-0.2, 0) is 21.2 Å². The van der Waals surface area contributed by atoms with Crippen LogP contribution in [0.4, 0.5) is 0 Å². The van der Waals surface area contributed by atoms with Gasteiger partial charge in [-0.15, -0.1) is 6.42 Å². The number of carboxylic acids is 1. The molecule has 0 radical (unpaired) electrons. The Morgan fingerprint density at radius 1 is 1.20 bits per heavy atom. The zero-order chi connectivity index (χ0) is 21.7. The SMILES string of the molecule is C#CCOc1ccc(S(=O)(=O)C2CCN(Cc3ccc(Br)cc3)C(C(=O)O)C2)cc1. The summed E-state index contributed by atoms with van der Waals surface area (Å²) < 4.78 is 32.4. The monoisotopic (exact) mass is 491 g/mol. The van der Waals surface area contributed by atoms with Gasteiger partial charge in [-0.25, -0.2) is 8.42 Å². The molecule has 1 saturated heterocycles. The van der Waals surface area contributed by atoms with Crippen molar-refractivity contribution in [3.8, 4) is 18.1 Å². The number of terminal acetylenes is 1. The van der Waals surface area contributed by atoms with Crippen LogP contribution in [0, 0.1) is 12.3 Å². The quantitative estimate of drug-likeness (QED) is 0.597. The number of aliphatic carboxylic acids is 1. The smallest absolute Gasteiger partial charge is 0.320 e. The molecule has 3 rings (SSSR count). The van der Waals surface area contributed by atoms with Gasteiger partial charge in [-0.3, -0.25) is 9.69 Å². The normalized spacial score (nSPS) is 19.7. The number of nitrogens with zero attached hydrogens (tertiary/aromatic N) is 1. The van der Waals surface area contributed by atoms with E-state index in [4.69, 9.17) is 11.2 Å². The summed E-state index contributed by atoms with van der Waals surface area (Å²) in [5, 5.41) is 8.97. The molecule has 158 valence electrons. The van der Waals surface area contributed by atoms with Crippen LogP contribution in [-0.4, -0.2) is 48.8 Å². The van der Waals surface area contributed by atoms with Gasteiger partial charge in [0.2, 0.25) is 0 Å². The molecule has 0 aliphatic carbocycles. The summed E-state index contributed by atoms with van der Waals surface area (Å²) in [6, 6.07) is 12.9. The van der Waals surface area contributed by atoms with E-state index in [1.165, 1.54) is 12.1 Å². The van der Waals surface area contributed by atoms with Gasteiger partial charge in [-0.2, -0.15) is 0 Å². The van der Waals surface area contributed by atoms with Crippen molar-refractivity contribution in [2.24, 2.45) is 0 Å². The predicted molar refractivity (Wildman–Crippen MR) is 117 cm³/mol. The third-order valence-corrected chi connectivity index (χ3v) is 7.93. The van der Waals surface area contributed by atoms with Crippen molar-refractivity contribution in [2.75, 3.05) is 13.2 Å². The summed E-state index contributed by atoms with van der Waals surface area (Å²) in [6.45, 7) is 0.946. The van der Waals surface area contributed by atoms with Gasteiger partial charge in [-0.1, -0.05) is 34.0 Å². The van der Waals surface area contributed by atoms with Gasteiger partial charge in [0, 0.05) is 17.6 Å². The van der Waals surface area contributed by atoms with Crippen molar-refractivity contribution in [1.29, 1.82) is 0 Å². The number of hydrogen-bond acceptors (Lipinski definition) is 5. The van der Waals surface area contributed by atoms with Gasteiger partial charge in [0.25, 0.3) is 0 Å². The molecule has 1 aliphatic heterocycles. The van der Waals surface area contributed by atoms with Crippen LogP contribution in [0.5, 0.6) is 5.75 Å². The maximum Gasteiger partial charge on any atom is 0.320 e. The molecule has 6 nitrogen and oxygen atoms in total. The van der Waals surface area contributed by atoms with E-state index in [1.54, 1.807) is 12.1 Å². The van der Waals surface area contributed by atoms with Crippen molar-refractivity contribution in [3.63, 3.8) is 0 Å². The highest BCUT2D eigenvalue weighted by Crippen LogP contribution is 2.30. The first kappa shape index (κ1) is 22.3. The van der Waals surface area contributed by atoms with Crippen LogP contribution in [0.15, 0.2) is 57.9 Å². The maximum atomic E-state index is 13.1. The second-order valence-corrected chi connectivity index (χ2v) is 10.3. The molecule has 0 amide bonds. The third-order valence-electron chi connectivity index (χ3n) is 5.16. The highest BCUT2D eigenvalue weighted by atomic mass is 79.9. The second-order valence-electron chi connectivity index (χ2n) is 7.11. The number of ether oxygens (including phenoxy) is 1.